The molecule has 0 aliphatic rings. The van der Waals surface area contributed by atoms with Crippen molar-refractivity contribution in [2.45, 2.75) is 40.5 Å². The molecule has 0 spiro atoms. The molecule has 8 nitrogen and oxygen atoms in total. The van der Waals surface area contributed by atoms with Crippen molar-refractivity contribution < 1.29 is 9.21 Å². The zero-order chi connectivity index (χ0) is 22.8. The van der Waals surface area contributed by atoms with E-state index in [1.807, 2.05) is 49.1 Å². The first-order chi connectivity index (χ1) is 14.6. The van der Waals surface area contributed by atoms with Crippen LogP contribution in [0.3, 0.4) is 0 Å². The van der Waals surface area contributed by atoms with E-state index < -0.39 is 0 Å². The molecule has 1 amide bonds. The lowest BCUT2D eigenvalue weighted by molar-refractivity contribution is 0.0929. The molecule has 1 N–H and O–H groups in total. The Labute approximate surface area is 183 Å². The van der Waals surface area contributed by atoms with Crippen LogP contribution in [-0.4, -0.2) is 58.0 Å². The van der Waals surface area contributed by atoms with Gasteiger partial charge in [0.2, 0.25) is 5.89 Å². The van der Waals surface area contributed by atoms with Crippen molar-refractivity contribution in [2.75, 3.05) is 27.2 Å². The minimum Gasteiger partial charge on any atom is -0.420 e. The Kier molecular flexibility index (Phi) is 6.59. The summed E-state index contributed by atoms with van der Waals surface area (Å²) in [6.45, 7) is 11.7. The van der Waals surface area contributed by atoms with Gasteiger partial charge in [0.05, 0.1) is 5.69 Å². The highest BCUT2D eigenvalue weighted by atomic mass is 16.4. The number of aryl methyl sites for hydroxylation is 1. The van der Waals surface area contributed by atoms with Gasteiger partial charge in [-0.15, -0.1) is 10.2 Å². The van der Waals surface area contributed by atoms with Crippen molar-refractivity contribution in [2.24, 2.45) is 5.41 Å². The van der Waals surface area contributed by atoms with Crippen LogP contribution in [0.4, 0.5) is 0 Å². The fourth-order valence-electron chi connectivity index (χ4n) is 3.61. The second kappa shape index (κ2) is 9.01. The van der Waals surface area contributed by atoms with Crippen molar-refractivity contribution in [3.8, 4) is 17.3 Å². The molecule has 3 aromatic rings. The molecule has 8 heteroatoms. The molecule has 3 rings (SSSR count). The van der Waals surface area contributed by atoms with Gasteiger partial charge < -0.3 is 14.6 Å². The lowest BCUT2D eigenvalue weighted by Crippen LogP contribution is -2.39. The van der Waals surface area contributed by atoms with Crippen LogP contribution in [0, 0.1) is 12.3 Å². The summed E-state index contributed by atoms with van der Waals surface area (Å²) >= 11 is 0. The van der Waals surface area contributed by atoms with Crippen LogP contribution in [0.1, 0.15) is 55.6 Å². The normalized spacial score (nSPS) is 12.0. The molecule has 31 heavy (non-hydrogen) atoms. The van der Waals surface area contributed by atoms with Crippen LogP contribution < -0.4 is 5.32 Å². The summed E-state index contributed by atoms with van der Waals surface area (Å²) in [5.41, 5.74) is 3.14. The van der Waals surface area contributed by atoms with E-state index in [0.717, 1.165) is 17.9 Å². The van der Waals surface area contributed by atoms with Crippen LogP contribution in [0.15, 0.2) is 34.7 Å². The molecule has 0 radical (unpaired) electrons. The molecule has 166 valence electrons. The van der Waals surface area contributed by atoms with E-state index in [-0.39, 0.29) is 17.2 Å². The topological polar surface area (TPSA) is 89.1 Å². The number of aromatic nitrogens is 4. The Hall–Kier alpha value is -3.00. The standard InChI is InChI=1S/C23H32N6O2/c1-15(2)20-12-19(22-26-25-16(3)31-22)27-29(20)18-10-8-17(9-11-18)21(30)24-13-23(4,5)14-28(6)7/h8-12,15H,13-14H2,1-7H3,(H,24,30). The van der Waals surface area contributed by atoms with Crippen LogP contribution >= 0.6 is 0 Å². The molecule has 0 unspecified atom stereocenters. The van der Waals surface area contributed by atoms with Crippen molar-refractivity contribution >= 4 is 5.91 Å². The van der Waals surface area contributed by atoms with Crippen molar-refractivity contribution in [3.63, 3.8) is 0 Å². The van der Waals surface area contributed by atoms with E-state index >= 15 is 0 Å². The summed E-state index contributed by atoms with van der Waals surface area (Å²) in [7, 11) is 4.07. The lowest BCUT2D eigenvalue weighted by Gasteiger charge is -2.28. The Bertz CT molecular complexity index is 1030. The highest BCUT2D eigenvalue weighted by Gasteiger charge is 2.21. The number of hydrogen-bond donors (Lipinski definition) is 1. The van der Waals surface area contributed by atoms with Gasteiger partial charge in [0.1, 0.15) is 5.69 Å². The van der Waals surface area contributed by atoms with E-state index in [4.69, 9.17) is 4.42 Å². The Morgan fingerprint density at radius 2 is 1.87 bits per heavy atom. The second-order valence-corrected chi connectivity index (χ2v) is 9.28. The maximum Gasteiger partial charge on any atom is 0.268 e. The zero-order valence-electron chi connectivity index (χ0n) is 19.4. The average molecular weight is 425 g/mol. The fourth-order valence-corrected chi connectivity index (χ4v) is 3.61. The highest BCUT2D eigenvalue weighted by Crippen LogP contribution is 2.25. The first-order valence-corrected chi connectivity index (χ1v) is 10.5. The average Bonchev–Trinajstić information content (AvgIpc) is 3.32. The highest BCUT2D eigenvalue weighted by molar-refractivity contribution is 5.94. The molecule has 0 saturated heterocycles. The van der Waals surface area contributed by atoms with Crippen LogP contribution in [0.2, 0.25) is 0 Å². The van der Waals surface area contributed by atoms with E-state index in [9.17, 15) is 4.79 Å². The summed E-state index contributed by atoms with van der Waals surface area (Å²) in [5.74, 6) is 1.06. The van der Waals surface area contributed by atoms with Gasteiger partial charge in [-0.2, -0.15) is 5.10 Å². The molecule has 0 bridgehead atoms. The number of carbonyl (C=O) groups is 1. The fraction of sp³-hybridized carbons (Fsp3) is 0.478. The first-order valence-electron chi connectivity index (χ1n) is 10.5. The SMILES string of the molecule is Cc1nnc(-c2cc(C(C)C)n(-c3ccc(C(=O)NCC(C)(C)CN(C)C)cc3)n2)o1. The molecule has 0 atom stereocenters. The number of amides is 1. The zero-order valence-corrected chi connectivity index (χ0v) is 19.4. The van der Waals surface area contributed by atoms with Crippen LogP contribution in [0.5, 0.6) is 0 Å². The maximum atomic E-state index is 12.6. The third-order valence-corrected chi connectivity index (χ3v) is 4.92. The molecular formula is C23H32N6O2. The second-order valence-electron chi connectivity index (χ2n) is 9.28. The predicted molar refractivity (Wildman–Crippen MR) is 120 cm³/mol. The Morgan fingerprint density at radius 3 is 2.42 bits per heavy atom. The predicted octanol–water partition coefficient (Wildman–Crippen LogP) is 3.67. The minimum atomic E-state index is -0.0787. The molecule has 0 aliphatic heterocycles. The van der Waals surface area contributed by atoms with Crippen molar-refractivity contribution in [1.29, 1.82) is 0 Å². The Morgan fingerprint density at radius 1 is 1.19 bits per heavy atom. The summed E-state index contributed by atoms with van der Waals surface area (Å²) in [6.07, 6.45) is 0. The van der Waals surface area contributed by atoms with Gasteiger partial charge in [-0.1, -0.05) is 27.7 Å². The maximum absolute atomic E-state index is 12.6. The smallest absolute Gasteiger partial charge is 0.268 e. The molecule has 0 fully saturated rings. The van der Waals surface area contributed by atoms with E-state index in [0.29, 0.717) is 29.6 Å². The number of carbonyl (C=O) groups excluding carboxylic acids is 1. The van der Waals surface area contributed by atoms with E-state index in [1.165, 1.54) is 0 Å². The summed E-state index contributed by atoms with van der Waals surface area (Å²) in [4.78, 5) is 14.7. The molecule has 2 aromatic heterocycles. The van der Waals surface area contributed by atoms with Gasteiger partial charge >= 0.3 is 0 Å². The number of hydrogen-bond acceptors (Lipinski definition) is 6. The molecular weight excluding hydrogens is 392 g/mol. The van der Waals surface area contributed by atoms with Gasteiger partial charge in [0, 0.05) is 31.3 Å². The van der Waals surface area contributed by atoms with Gasteiger partial charge in [-0.05, 0) is 55.8 Å². The summed E-state index contributed by atoms with van der Waals surface area (Å²) < 4.78 is 7.39. The Balaban J connectivity index is 1.78. The van der Waals surface area contributed by atoms with Crippen LogP contribution in [-0.2, 0) is 0 Å². The third kappa shape index (κ3) is 5.58. The quantitative estimate of drug-likeness (QED) is 0.593. The minimum absolute atomic E-state index is 0.0101. The van der Waals surface area contributed by atoms with Crippen molar-refractivity contribution in [1.82, 2.24) is 30.2 Å². The molecule has 0 aliphatic carbocycles. The van der Waals surface area contributed by atoms with Gasteiger partial charge in [-0.3, -0.25) is 4.79 Å². The molecule has 1 aromatic carbocycles. The third-order valence-electron chi connectivity index (χ3n) is 4.92. The van der Waals surface area contributed by atoms with Gasteiger partial charge in [0.25, 0.3) is 11.8 Å². The number of rotatable bonds is 8. The van der Waals surface area contributed by atoms with Gasteiger partial charge in [0.15, 0.2) is 0 Å². The number of nitrogens with zero attached hydrogens (tertiary/aromatic N) is 5. The number of benzene rings is 1. The van der Waals surface area contributed by atoms with E-state index in [2.05, 4.69) is 53.2 Å². The lowest BCUT2D eigenvalue weighted by atomic mass is 9.93. The van der Waals surface area contributed by atoms with Crippen molar-refractivity contribution in [3.05, 3.63) is 47.5 Å². The summed E-state index contributed by atoms with van der Waals surface area (Å²) in [5, 5.41) is 15.7. The molecule has 0 saturated carbocycles. The van der Waals surface area contributed by atoms with Gasteiger partial charge in [-0.25, -0.2) is 4.68 Å². The molecule has 2 heterocycles. The van der Waals surface area contributed by atoms with E-state index in [1.54, 1.807) is 6.92 Å². The summed E-state index contributed by atoms with van der Waals surface area (Å²) in [6, 6.07) is 9.42. The largest absolute Gasteiger partial charge is 0.420 e. The number of nitrogens with one attached hydrogen (secondary N) is 1. The monoisotopic (exact) mass is 424 g/mol. The first kappa shape index (κ1) is 22.7. The van der Waals surface area contributed by atoms with Crippen LogP contribution in [0.25, 0.3) is 17.3 Å².